The molecule has 12 heavy (non-hydrogen) atoms. The van der Waals surface area contributed by atoms with E-state index in [-0.39, 0.29) is 12.0 Å². The molecule has 0 spiro atoms. The van der Waals surface area contributed by atoms with E-state index >= 15 is 0 Å². The minimum absolute atomic E-state index is 0.0521. The highest BCUT2D eigenvalue weighted by Gasteiger charge is 2.26. The average molecular weight is 171 g/mol. The van der Waals surface area contributed by atoms with Crippen molar-refractivity contribution in [1.82, 2.24) is 4.90 Å². The van der Waals surface area contributed by atoms with E-state index in [1.165, 1.54) is 0 Å². The summed E-state index contributed by atoms with van der Waals surface area (Å²) < 4.78 is 0. The molecule has 0 saturated carbocycles. The quantitative estimate of drug-likeness (QED) is 0.387. The third kappa shape index (κ3) is 1.88. The molecule has 1 heterocycles. The predicted molar refractivity (Wildman–Crippen MR) is 47.9 cm³/mol. The maximum absolute atomic E-state index is 9.40. The van der Waals surface area contributed by atoms with Crippen LogP contribution in [0.15, 0.2) is 0 Å². The second kappa shape index (κ2) is 3.76. The van der Waals surface area contributed by atoms with Gasteiger partial charge in [-0.15, -0.1) is 0 Å². The Morgan fingerprint density at radius 2 is 2.33 bits per heavy atom. The van der Waals surface area contributed by atoms with Gasteiger partial charge in [0.2, 0.25) is 0 Å². The van der Waals surface area contributed by atoms with Crippen LogP contribution in [0.5, 0.6) is 0 Å². The van der Waals surface area contributed by atoms with Crippen LogP contribution in [0.3, 0.4) is 0 Å². The third-order valence-electron chi connectivity index (χ3n) is 2.42. The van der Waals surface area contributed by atoms with E-state index < -0.39 is 6.10 Å². The molecule has 0 aromatic carbocycles. The zero-order valence-corrected chi connectivity index (χ0v) is 7.45. The first-order chi connectivity index (χ1) is 5.63. The molecule has 1 fully saturated rings. The number of hydrogen-bond acceptors (Lipinski definition) is 2. The lowest BCUT2D eigenvalue weighted by Crippen LogP contribution is -2.51. The van der Waals surface area contributed by atoms with Gasteiger partial charge in [0.25, 0.3) is 0 Å². The molecule has 0 amide bonds. The number of nitrogens with one attached hydrogen (secondary N) is 1. The highest BCUT2D eigenvalue weighted by Crippen LogP contribution is 2.18. The number of likely N-dealkylation sites (tertiary alicyclic amines) is 1. The van der Waals surface area contributed by atoms with Crippen LogP contribution in [0, 0.1) is 5.41 Å². The molecule has 70 valence electrons. The number of nitrogens with zero attached hydrogens (tertiary/aromatic N) is 1. The largest absolute Gasteiger partial charge is 0.391 e. The summed E-state index contributed by atoms with van der Waals surface area (Å²) in [7, 11) is 0. The first kappa shape index (κ1) is 9.32. The monoisotopic (exact) mass is 171 g/mol. The van der Waals surface area contributed by atoms with Gasteiger partial charge in [-0.25, -0.2) is 0 Å². The summed E-state index contributed by atoms with van der Waals surface area (Å²) in [6.45, 7) is 2.57. The minimum Gasteiger partial charge on any atom is -0.391 e. The molecule has 1 saturated heterocycles. The van der Waals surface area contributed by atoms with E-state index in [4.69, 9.17) is 11.1 Å². The molecule has 1 rings (SSSR count). The highest BCUT2D eigenvalue weighted by molar-refractivity contribution is 5.75. The number of rotatable bonds is 1. The Bertz CT molecular complexity index is 170. The first-order valence-corrected chi connectivity index (χ1v) is 4.41. The molecule has 4 nitrogen and oxygen atoms in total. The molecule has 4 N–H and O–H groups in total. The van der Waals surface area contributed by atoms with Crippen molar-refractivity contribution >= 4 is 5.96 Å². The number of hydrogen-bond donors (Lipinski definition) is 3. The number of aliphatic hydroxyl groups excluding tert-OH is 1. The molecule has 1 aliphatic rings. The summed E-state index contributed by atoms with van der Waals surface area (Å²) >= 11 is 0. The minimum atomic E-state index is -0.394. The fraction of sp³-hybridized carbons (Fsp3) is 0.875. The van der Waals surface area contributed by atoms with Gasteiger partial charge in [0.1, 0.15) is 0 Å². The van der Waals surface area contributed by atoms with E-state index in [1.54, 1.807) is 11.8 Å². The summed E-state index contributed by atoms with van der Waals surface area (Å²) in [6.07, 6.45) is 2.74. The lowest BCUT2D eigenvalue weighted by molar-refractivity contribution is 0.0754. The van der Waals surface area contributed by atoms with Crippen LogP contribution in [-0.4, -0.2) is 34.7 Å². The van der Waals surface area contributed by atoms with Gasteiger partial charge in [0, 0.05) is 6.54 Å². The van der Waals surface area contributed by atoms with E-state index in [2.05, 4.69) is 0 Å². The maximum Gasteiger partial charge on any atom is 0.188 e. The number of piperidine rings is 1. The molecule has 0 aromatic heterocycles. The second-order valence-corrected chi connectivity index (χ2v) is 3.38. The fourth-order valence-electron chi connectivity index (χ4n) is 1.76. The normalized spacial score (nSPS) is 26.8. The maximum atomic E-state index is 9.40. The number of guanidine groups is 1. The summed E-state index contributed by atoms with van der Waals surface area (Å²) in [5, 5.41) is 16.7. The van der Waals surface area contributed by atoms with Crippen molar-refractivity contribution in [3.05, 3.63) is 0 Å². The van der Waals surface area contributed by atoms with Crippen LogP contribution < -0.4 is 5.73 Å². The Hall–Kier alpha value is -0.770. The fourth-order valence-corrected chi connectivity index (χ4v) is 1.76. The van der Waals surface area contributed by atoms with Crippen molar-refractivity contribution in [2.45, 2.75) is 38.3 Å². The molecule has 0 aromatic rings. The van der Waals surface area contributed by atoms with Crippen LogP contribution in [0.1, 0.15) is 26.2 Å². The zero-order valence-electron chi connectivity index (χ0n) is 7.45. The molecule has 4 heteroatoms. The van der Waals surface area contributed by atoms with Gasteiger partial charge < -0.3 is 15.7 Å². The molecule has 0 bridgehead atoms. The van der Waals surface area contributed by atoms with E-state index in [0.717, 1.165) is 25.8 Å². The summed E-state index contributed by atoms with van der Waals surface area (Å²) in [6, 6.07) is 0.0521. The first-order valence-electron chi connectivity index (χ1n) is 4.41. The Labute approximate surface area is 72.9 Å². The molecule has 0 aliphatic carbocycles. The van der Waals surface area contributed by atoms with Crippen molar-refractivity contribution in [3.8, 4) is 0 Å². The van der Waals surface area contributed by atoms with Crippen molar-refractivity contribution in [1.29, 1.82) is 5.41 Å². The van der Waals surface area contributed by atoms with Crippen molar-refractivity contribution < 1.29 is 5.11 Å². The summed E-state index contributed by atoms with van der Waals surface area (Å²) in [5.74, 6) is 0.0839. The lowest BCUT2D eigenvalue weighted by atomic mass is 9.99. The highest BCUT2D eigenvalue weighted by atomic mass is 16.3. The Morgan fingerprint density at radius 3 is 2.75 bits per heavy atom. The molecule has 0 unspecified atom stereocenters. The van der Waals surface area contributed by atoms with Crippen LogP contribution >= 0.6 is 0 Å². The number of nitrogens with two attached hydrogens (primary N) is 1. The van der Waals surface area contributed by atoms with Crippen LogP contribution in [0.4, 0.5) is 0 Å². The molecule has 1 aliphatic heterocycles. The average Bonchev–Trinajstić information content (AvgIpc) is 2.04. The smallest absolute Gasteiger partial charge is 0.188 e. The van der Waals surface area contributed by atoms with Crippen molar-refractivity contribution in [2.24, 2.45) is 5.73 Å². The SMILES string of the molecule is C[C@@H](O)[C@H]1CCCCN1C(=N)N. The standard InChI is InChI=1S/C8H17N3O/c1-6(12)7-4-2-3-5-11(7)8(9)10/h6-7,12H,2-5H2,1H3,(H3,9,10)/t6-,7-/m1/s1. The second-order valence-electron chi connectivity index (χ2n) is 3.38. The van der Waals surface area contributed by atoms with Crippen molar-refractivity contribution in [2.75, 3.05) is 6.54 Å². The van der Waals surface area contributed by atoms with Gasteiger partial charge in [0.05, 0.1) is 12.1 Å². The van der Waals surface area contributed by atoms with Gasteiger partial charge in [-0.05, 0) is 26.2 Å². The predicted octanol–water partition coefficient (Wildman–Crippen LogP) is 0.115. The van der Waals surface area contributed by atoms with E-state index in [0.29, 0.717) is 0 Å². The van der Waals surface area contributed by atoms with Gasteiger partial charge in [-0.2, -0.15) is 0 Å². The molecular weight excluding hydrogens is 154 g/mol. The Morgan fingerprint density at radius 1 is 1.67 bits per heavy atom. The Balaban J connectivity index is 2.60. The number of aliphatic hydroxyl groups is 1. The van der Waals surface area contributed by atoms with Crippen LogP contribution in [0.2, 0.25) is 0 Å². The van der Waals surface area contributed by atoms with Gasteiger partial charge in [0.15, 0.2) is 5.96 Å². The van der Waals surface area contributed by atoms with Crippen molar-refractivity contribution in [3.63, 3.8) is 0 Å². The van der Waals surface area contributed by atoms with Gasteiger partial charge >= 0.3 is 0 Å². The van der Waals surface area contributed by atoms with E-state index in [9.17, 15) is 5.11 Å². The summed E-state index contributed by atoms with van der Waals surface area (Å²) in [4.78, 5) is 1.79. The Kier molecular flexibility index (Phi) is 2.92. The van der Waals surface area contributed by atoms with E-state index in [1.807, 2.05) is 0 Å². The molecule has 2 atom stereocenters. The lowest BCUT2D eigenvalue weighted by Gasteiger charge is -2.37. The zero-order chi connectivity index (χ0) is 9.14. The van der Waals surface area contributed by atoms with Crippen LogP contribution in [0.25, 0.3) is 0 Å². The molecule has 0 radical (unpaired) electrons. The van der Waals surface area contributed by atoms with Crippen LogP contribution in [-0.2, 0) is 0 Å². The topological polar surface area (TPSA) is 73.3 Å². The van der Waals surface area contributed by atoms with Gasteiger partial charge in [-0.1, -0.05) is 0 Å². The van der Waals surface area contributed by atoms with Gasteiger partial charge in [-0.3, -0.25) is 5.41 Å². The summed E-state index contributed by atoms with van der Waals surface area (Å²) in [5.41, 5.74) is 5.39. The molecular formula is C8H17N3O. The third-order valence-corrected chi connectivity index (χ3v) is 2.42.